The molecule has 0 aliphatic rings. The lowest BCUT2D eigenvalue weighted by molar-refractivity contribution is -0.104. The van der Waals surface area contributed by atoms with Crippen LogP contribution in [0.5, 0.6) is 5.75 Å². The first-order valence-corrected chi connectivity index (χ1v) is 5.28. The second-order valence-corrected chi connectivity index (χ2v) is 3.23. The first-order valence-electron chi connectivity index (χ1n) is 5.28. The third-order valence-electron chi connectivity index (χ3n) is 1.99. The minimum Gasteiger partial charge on any atom is -0.468 e. The lowest BCUT2D eigenvalue weighted by Gasteiger charge is -2.06. The molecule has 0 aliphatic heterocycles. The summed E-state index contributed by atoms with van der Waals surface area (Å²) in [6, 6.07) is 7.38. The van der Waals surface area contributed by atoms with Crippen LogP contribution in [-0.4, -0.2) is 33.4 Å². The summed E-state index contributed by atoms with van der Waals surface area (Å²) < 4.78 is 15.3. The van der Waals surface area contributed by atoms with Gasteiger partial charge in [-0.1, -0.05) is 18.2 Å². The van der Waals surface area contributed by atoms with Gasteiger partial charge in [0.2, 0.25) is 0 Å². The lowest BCUT2D eigenvalue weighted by Crippen LogP contribution is -2.07. The maximum absolute atomic E-state index is 10.1. The average molecular weight is 236 g/mol. The van der Waals surface area contributed by atoms with Gasteiger partial charge in [0.1, 0.15) is 12.0 Å². The number of carbonyl (C=O) groups is 1. The summed E-state index contributed by atoms with van der Waals surface area (Å²) in [5, 5.41) is 0. The molecule has 0 N–H and O–H groups in total. The molecule has 0 radical (unpaired) electrons. The van der Waals surface area contributed by atoms with Crippen molar-refractivity contribution < 1.29 is 19.0 Å². The molecule has 1 rings (SSSR count). The van der Waals surface area contributed by atoms with E-state index < -0.39 is 0 Å². The zero-order valence-electron chi connectivity index (χ0n) is 9.80. The highest BCUT2D eigenvalue weighted by molar-refractivity contribution is 5.73. The van der Waals surface area contributed by atoms with Crippen molar-refractivity contribution in [3.8, 4) is 5.75 Å². The summed E-state index contributed by atoms with van der Waals surface area (Å²) in [4.78, 5) is 10.1. The number of benzene rings is 1. The molecule has 0 atom stereocenters. The van der Waals surface area contributed by atoms with E-state index in [9.17, 15) is 4.79 Å². The fraction of sp³-hybridized carbons (Fsp3) is 0.308. The molecule has 0 fully saturated rings. The summed E-state index contributed by atoms with van der Waals surface area (Å²) in [6.07, 6.45) is 3.92. The molecule has 0 saturated carbocycles. The second-order valence-electron chi connectivity index (χ2n) is 3.23. The minimum absolute atomic E-state index is 0.201. The molecule has 0 aromatic heterocycles. The molecule has 4 heteroatoms. The van der Waals surface area contributed by atoms with Crippen molar-refractivity contribution in [2.24, 2.45) is 0 Å². The Morgan fingerprint density at radius 1 is 1.18 bits per heavy atom. The van der Waals surface area contributed by atoms with E-state index in [2.05, 4.69) is 0 Å². The van der Waals surface area contributed by atoms with Gasteiger partial charge < -0.3 is 14.2 Å². The molecular weight excluding hydrogens is 220 g/mol. The van der Waals surface area contributed by atoms with Gasteiger partial charge in [0, 0.05) is 7.11 Å². The molecule has 0 saturated heterocycles. The van der Waals surface area contributed by atoms with Gasteiger partial charge in [-0.05, 0) is 23.8 Å². The third-order valence-corrected chi connectivity index (χ3v) is 1.99. The van der Waals surface area contributed by atoms with Gasteiger partial charge in [0.05, 0.1) is 13.2 Å². The normalized spacial score (nSPS) is 10.6. The Labute approximate surface area is 101 Å². The van der Waals surface area contributed by atoms with Crippen LogP contribution >= 0.6 is 0 Å². The van der Waals surface area contributed by atoms with Crippen LogP contribution in [0, 0.1) is 0 Å². The van der Waals surface area contributed by atoms with Crippen molar-refractivity contribution in [2.75, 3.05) is 27.1 Å². The highest BCUT2D eigenvalue weighted by Crippen LogP contribution is 2.12. The van der Waals surface area contributed by atoms with Crippen LogP contribution < -0.4 is 4.74 Å². The Kier molecular flexibility index (Phi) is 6.70. The van der Waals surface area contributed by atoms with Gasteiger partial charge in [0.25, 0.3) is 0 Å². The molecule has 0 amide bonds. The molecule has 92 valence electrons. The van der Waals surface area contributed by atoms with Crippen LogP contribution in [0.4, 0.5) is 0 Å². The molecule has 17 heavy (non-hydrogen) atoms. The van der Waals surface area contributed by atoms with E-state index in [0.717, 1.165) is 17.6 Å². The van der Waals surface area contributed by atoms with Gasteiger partial charge in [-0.15, -0.1) is 0 Å². The Balaban J connectivity index is 2.30. The van der Waals surface area contributed by atoms with Crippen LogP contribution in [0.2, 0.25) is 0 Å². The maximum Gasteiger partial charge on any atom is 0.189 e. The number of hydrogen-bond acceptors (Lipinski definition) is 4. The zero-order chi connectivity index (χ0) is 12.3. The Morgan fingerprint density at radius 3 is 2.59 bits per heavy atom. The van der Waals surface area contributed by atoms with Crippen molar-refractivity contribution in [2.45, 2.75) is 0 Å². The number of methoxy groups -OCH3 is 1. The molecule has 0 heterocycles. The first kappa shape index (κ1) is 13.4. The summed E-state index contributed by atoms with van der Waals surface area (Å²) in [7, 11) is 1.62. The van der Waals surface area contributed by atoms with Crippen molar-refractivity contribution in [1.29, 1.82) is 0 Å². The van der Waals surface area contributed by atoms with Crippen LogP contribution in [0.1, 0.15) is 5.56 Å². The fourth-order valence-electron chi connectivity index (χ4n) is 1.14. The highest BCUT2D eigenvalue weighted by atomic mass is 16.7. The number of rotatable bonds is 8. The largest absolute Gasteiger partial charge is 0.468 e. The molecule has 0 aliphatic carbocycles. The lowest BCUT2D eigenvalue weighted by atomic mass is 10.2. The molecule has 4 nitrogen and oxygen atoms in total. The number of allylic oxidation sites excluding steroid dienone is 1. The van der Waals surface area contributed by atoms with Crippen molar-refractivity contribution in [3.63, 3.8) is 0 Å². The second kappa shape index (κ2) is 8.50. The van der Waals surface area contributed by atoms with Gasteiger partial charge >= 0.3 is 0 Å². The van der Waals surface area contributed by atoms with E-state index in [1.165, 1.54) is 6.08 Å². The van der Waals surface area contributed by atoms with E-state index in [-0.39, 0.29) is 6.79 Å². The summed E-state index contributed by atoms with van der Waals surface area (Å²) in [6.45, 7) is 1.27. The van der Waals surface area contributed by atoms with E-state index in [1.54, 1.807) is 13.2 Å². The standard InChI is InChI=1S/C13H16O4/c1-15-9-10-16-11-17-13-6-4-12(5-7-13)3-2-8-14/h2-8H,9-11H2,1H3/b3-2+. The summed E-state index contributed by atoms with van der Waals surface area (Å²) >= 11 is 0. The van der Waals surface area contributed by atoms with Crippen LogP contribution in [-0.2, 0) is 14.3 Å². The third kappa shape index (κ3) is 5.85. The van der Waals surface area contributed by atoms with E-state index in [4.69, 9.17) is 14.2 Å². The minimum atomic E-state index is 0.201. The number of hydrogen-bond donors (Lipinski definition) is 0. The Hall–Kier alpha value is -1.65. The SMILES string of the molecule is COCCOCOc1ccc(/C=C/C=O)cc1. The van der Waals surface area contributed by atoms with Gasteiger partial charge in [-0.2, -0.15) is 0 Å². The van der Waals surface area contributed by atoms with Gasteiger partial charge in [0.15, 0.2) is 6.79 Å². The van der Waals surface area contributed by atoms with Crippen LogP contribution in [0.25, 0.3) is 6.08 Å². The Morgan fingerprint density at radius 2 is 1.94 bits per heavy atom. The predicted molar refractivity (Wildman–Crippen MR) is 64.9 cm³/mol. The van der Waals surface area contributed by atoms with Crippen molar-refractivity contribution >= 4 is 12.4 Å². The predicted octanol–water partition coefficient (Wildman–Crippen LogP) is 1.90. The van der Waals surface area contributed by atoms with Crippen molar-refractivity contribution in [3.05, 3.63) is 35.9 Å². The van der Waals surface area contributed by atoms with E-state index in [0.29, 0.717) is 13.2 Å². The monoisotopic (exact) mass is 236 g/mol. The molecule has 0 bridgehead atoms. The van der Waals surface area contributed by atoms with Crippen LogP contribution in [0.3, 0.4) is 0 Å². The van der Waals surface area contributed by atoms with Gasteiger partial charge in [-0.3, -0.25) is 4.79 Å². The average Bonchev–Trinajstić information content (AvgIpc) is 2.37. The zero-order valence-corrected chi connectivity index (χ0v) is 9.80. The molecule has 0 unspecified atom stereocenters. The topological polar surface area (TPSA) is 44.8 Å². The smallest absolute Gasteiger partial charge is 0.189 e. The number of aldehydes is 1. The van der Waals surface area contributed by atoms with E-state index in [1.807, 2.05) is 24.3 Å². The first-order chi connectivity index (χ1) is 8.36. The van der Waals surface area contributed by atoms with Crippen LogP contribution in [0.15, 0.2) is 30.3 Å². The summed E-state index contributed by atoms with van der Waals surface area (Å²) in [5.41, 5.74) is 0.949. The molecule has 1 aromatic carbocycles. The van der Waals surface area contributed by atoms with E-state index >= 15 is 0 Å². The molecular formula is C13H16O4. The van der Waals surface area contributed by atoms with Gasteiger partial charge in [-0.25, -0.2) is 0 Å². The Bertz CT molecular complexity index is 343. The fourth-order valence-corrected chi connectivity index (χ4v) is 1.14. The maximum atomic E-state index is 10.1. The number of carbonyl (C=O) groups excluding carboxylic acids is 1. The summed E-state index contributed by atoms with van der Waals surface area (Å²) in [5.74, 6) is 0.727. The van der Waals surface area contributed by atoms with Crippen molar-refractivity contribution in [1.82, 2.24) is 0 Å². The quantitative estimate of drug-likeness (QED) is 0.299. The number of ether oxygens (including phenoxy) is 3. The molecule has 0 spiro atoms. The molecule has 1 aromatic rings. The highest BCUT2D eigenvalue weighted by Gasteiger charge is 1.93.